The third-order valence-corrected chi connectivity index (χ3v) is 13.9. The summed E-state index contributed by atoms with van der Waals surface area (Å²) in [6, 6.07) is 0. The van der Waals surface area contributed by atoms with Gasteiger partial charge in [-0.3, -0.25) is 14.2 Å². The number of ether oxygens (including phenoxy) is 2. The zero-order valence-electron chi connectivity index (χ0n) is 48.5. The Kier molecular flexibility index (Phi) is 52.9. The first-order valence-electron chi connectivity index (χ1n) is 30.3. The molecule has 0 amide bonds. The molecule has 0 spiro atoms. The molecule has 0 aromatic rings. The van der Waals surface area contributed by atoms with Crippen molar-refractivity contribution in [2.24, 2.45) is 0 Å². The van der Waals surface area contributed by atoms with Gasteiger partial charge in [0, 0.05) is 12.8 Å². The number of phosphoric acid groups is 1. The highest BCUT2D eigenvalue weighted by Gasteiger charge is 2.22. The number of allylic oxidation sites excluding steroid dienone is 14. The summed E-state index contributed by atoms with van der Waals surface area (Å²) in [4.78, 5) is 37.9. The average Bonchev–Trinajstić information content (AvgIpc) is 3.36. The van der Waals surface area contributed by atoms with Crippen LogP contribution in [0.5, 0.6) is 0 Å². The summed E-state index contributed by atoms with van der Waals surface area (Å²) < 4.78 is 34.2. The molecule has 0 bridgehead atoms. The van der Waals surface area contributed by atoms with Gasteiger partial charge in [0.2, 0.25) is 0 Å². The molecule has 0 aliphatic rings. The van der Waals surface area contributed by atoms with Crippen molar-refractivity contribution in [2.75, 3.05) is 47.5 Å². The number of likely N-dealkylation sites (N-methyl/N-ethyl adjacent to an activating group) is 1. The van der Waals surface area contributed by atoms with Gasteiger partial charge in [-0.1, -0.05) is 240 Å². The van der Waals surface area contributed by atoms with Crippen molar-refractivity contribution >= 4 is 19.8 Å². The van der Waals surface area contributed by atoms with Gasteiger partial charge in [-0.2, -0.15) is 0 Å². The molecule has 2 unspecified atom stereocenters. The van der Waals surface area contributed by atoms with Gasteiger partial charge < -0.3 is 27.9 Å². The van der Waals surface area contributed by atoms with Crippen LogP contribution < -0.4 is 4.89 Å². The Hall–Kier alpha value is -2.81. The fourth-order valence-electron chi connectivity index (χ4n) is 8.24. The zero-order valence-corrected chi connectivity index (χ0v) is 49.4. The van der Waals surface area contributed by atoms with E-state index in [-0.39, 0.29) is 32.0 Å². The minimum absolute atomic E-state index is 0.0340. The number of quaternary nitrogens is 1. The number of unbranched alkanes of at least 4 members (excludes halogenated alkanes) is 27. The van der Waals surface area contributed by atoms with Crippen LogP contribution in [0.4, 0.5) is 0 Å². The number of esters is 2. The third kappa shape index (κ3) is 58.5. The van der Waals surface area contributed by atoms with Crippen LogP contribution in [-0.4, -0.2) is 70.0 Å². The summed E-state index contributed by atoms with van der Waals surface area (Å²) >= 11 is 0. The van der Waals surface area contributed by atoms with Crippen molar-refractivity contribution < 1.29 is 42.1 Å². The van der Waals surface area contributed by atoms with Crippen LogP contribution >= 0.6 is 7.82 Å². The Labute approximate surface area is 456 Å². The molecule has 0 aliphatic carbocycles. The predicted octanol–water partition coefficient (Wildman–Crippen LogP) is 18.4. The highest BCUT2D eigenvalue weighted by atomic mass is 31.2. The third-order valence-electron chi connectivity index (χ3n) is 12.9. The highest BCUT2D eigenvalue weighted by Crippen LogP contribution is 2.38. The normalized spacial score (nSPS) is 13.9. The quantitative estimate of drug-likeness (QED) is 0.0195. The van der Waals surface area contributed by atoms with Crippen molar-refractivity contribution in [2.45, 2.75) is 264 Å². The smallest absolute Gasteiger partial charge is 0.306 e. The maximum absolute atomic E-state index is 12.8. The molecule has 0 N–H and O–H groups in total. The molecule has 0 aromatic heterocycles. The van der Waals surface area contributed by atoms with E-state index in [1.54, 1.807) is 0 Å². The van der Waals surface area contributed by atoms with Gasteiger partial charge >= 0.3 is 11.9 Å². The molecule has 0 saturated carbocycles. The maximum Gasteiger partial charge on any atom is 0.306 e. The summed E-state index contributed by atoms with van der Waals surface area (Å²) in [6.45, 7) is 4.11. The Balaban J connectivity index is 4.07. The van der Waals surface area contributed by atoms with Crippen molar-refractivity contribution in [1.82, 2.24) is 0 Å². The van der Waals surface area contributed by atoms with E-state index >= 15 is 0 Å². The van der Waals surface area contributed by atoms with Gasteiger partial charge in [-0.15, -0.1) is 0 Å². The van der Waals surface area contributed by atoms with E-state index in [4.69, 9.17) is 18.5 Å². The zero-order chi connectivity index (χ0) is 54.2. The predicted molar refractivity (Wildman–Crippen MR) is 314 cm³/mol. The van der Waals surface area contributed by atoms with E-state index in [0.717, 1.165) is 89.9 Å². The number of nitrogens with zero attached hydrogens (tertiary/aromatic N) is 1. The van der Waals surface area contributed by atoms with E-state index in [1.165, 1.54) is 135 Å². The Bertz CT molecular complexity index is 1520. The number of hydrogen-bond acceptors (Lipinski definition) is 8. The van der Waals surface area contributed by atoms with E-state index in [0.29, 0.717) is 17.4 Å². The number of rotatable bonds is 55. The van der Waals surface area contributed by atoms with Crippen LogP contribution in [0.25, 0.3) is 0 Å². The molecule has 0 saturated heterocycles. The molecule has 2 atom stereocenters. The number of hydrogen-bond donors (Lipinski definition) is 0. The Morgan fingerprint density at radius 1 is 0.432 bits per heavy atom. The SMILES string of the molecule is CC/C=C\C/C=C\C/C=C\C/C=C\C/C=C\CCCCCCCCCCCCCCCCCCCC(=O)OC(COC(=O)CCCCCCCCC/C=C\C/C=C\CCCCC)COP(=O)([O-])OCC[N+](C)(C)C. The van der Waals surface area contributed by atoms with Gasteiger partial charge in [0.05, 0.1) is 27.7 Å². The molecular formula is C64H114NO8P. The van der Waals surface area contributed by atoms with Crippen LogP contribution in [0.1, 0.15) is 258 Å². The van der Waals surface area contributed by atoms with Crippen molar-refractivity contribution in [3.63, 3.8) is 0 Å². The van der Waals surface area contributed by atoms with Gasteiger partial charge in [0.15, 0.2) is 6.10 Å². The molecule has 428 valence electrons. The summed E-state index contributed by atoms with van der Waals surface area (Å²) in [6.07, 6.45) is 73.5. The Morgan fingerprint density at radius 3 is 1.15 bits per heavy atom. The van der Waals surface area contributed by atoms with E-state index in [9.17, 15) is 19.0 Å². The second-order valence-corrected chi connectivity index (χ2v) is 22.7. The monoisotopic (exact) mass is 1060 g/mol. The molecule has 74 heavy (non-hydrogen) atoms. The average molecular weight is 1060 g/mol. The topological polar surface area (TPSA) is 111 Å². The van der Waals surface area contributed by atoms with Gasteiger partial charge in [-0.25, -0.2) is 0 Å². The van der Waals surface area contributed by atoms with E-state index < -0.39 is 26.5 Å². The first-order valence-corrected chi connectivity index (χ1v) is 31.8. The minimum atomic E-state index is -4.64. The molecule has 9 nitrogen and oxygen atoms in total. The lowest BCUT2D eigenvalue weighted by molar-refractivity contribution is -0.870. The summed E-state index contributed by atoms with van der Waals surface area (Å²) in [5.74, 6) is -0.838. The maximum atomic E-state index is 12.8. The van der Waals surface area contributed by atoms with Crippen molar-refractivity contribution in [3.8, 4) is 0 Å². The first kappa shape index (κ1) is 71.2. The summed E-state index contributed by atoms with van der Waals surface area (Å²) in [5, 5.41) is 0. The largest absolute Gasteiger partial charge is 0.756 e. The molecule has 0 fully saturated rings. The van der Waals surface area contributed by atoms with Crippen molar-refractivity contribution in [1.29, 1.82) is 0 Å². The van der Waals surface area contributed by atoms with Gasteiger partial charge in [0.25, 0.3) is 7.82 Å². The molecule has 0 aromatic carbocycles. The van der Waals surface area contributed by atoms with E-state index in [2.05, 4.69) is 98.9 Å². The number of carbonyl (C=O) groups is 2. The molecule has 10 heteroatoms. The molecular weight excluding hydrogens is 942 g/mol. The summed E-state index contributed by atoms with van der Waals surface area (Å²) in [7, 11) is 1.16. The Morgan fingerprint density at radius 2 is 0.770 bits per heavy atom. The minimum Gasteiger partial charge on any atom is -0.756 e. The fourth-order valence-corrected chi connectivity index (χ4v) is 8.97. The molecule has 0 heterocycles. The van der Waals surface area contributed by atoms with Crippen LogP contribution in [0.15, 0.2) is 85.1 Å². The summed E-state index contributed by atoms with van der Waals surface area (Å²) in [5.41, 5.74) is 0. The van der Waals surface area contributed by atoms with Crippen LogP contribution in [0, 0.1) is 0 Å². The van der Waals surface area contributed by atoms with Gasteiger partial charge in [0.1, 0.15) is 19.8 Å². The van der Waals surface area contributed by atoms with Gasteiger partial charge in [-0.05, 0) is 89.9 Å². The van der Waals surface area contributed by atoms with Crippen LogP contribution in [0.2, 0.25) is 0 Å². The van der Waals surface area contributed by atoms with Crippen LogP contribution in [0.3, 0.4) is 0 Å². The lowest BCUT2D eigenvalue weighted by Gasteiger charge is -2.28. The van der Waals surface area contributed by atoms with E-state index in [1.807, 2.05) is 21.1 Å². The lowest BCUT2D eigenvalue weighted by Crippen LogP contribution is -2.37. The molecule has 0 radical (unpaired) electrons. The molecule has 0 rings (SSSR count). The standard InChI is InChI=1S/C64H114NO8P/c1-6-8-10-12-14-16-18-20-22-24-25-26-27-28-29-30-31-32-33-34-35-36-37-38-39-41-43-45-47-49-51-53-55-57-64(67)73-62(61-72-74(68,69)71-59-58-65(3,4)5)60-70-63(66)56-54-52-50-48-46-44-42-40-23-21-19-17-15-13-11-9-7-2/h8,10,14-17,20-23,25-26,28-29,62H,6-7,9,11-13,18-19,24,27,30-61H2,1-5H3/b10-8-,16-14-,17-15-,22-20-,23-21-,26-25-,29-28-. The second kappa shape index (κ2) is 55.0. The second-order valence-electron chi connectivity index (χ2n) is 21.3. The van der Waals surface area contributed by atoms with Crippen LogP contribution in [-0.2, 0) is 32.7 Å². The fraction of sp³-hybridized carbons (Fsp3) is 0.750. The van der Waals surface area contributed by atoms with Crippen molar-refractivity contribution in [3.05, 3.63) is 85.1 Å². The number of phosphoric ester groups is 1. The number of carbonyl (C=O) groups excluding carboxylic acids is 2. The lowest BCUT2D eigenvalue weighted by atomic mass is 10.0. The first-order chi connectivity index (χ1) is 36.0. The molecule has 0 aliphatic heterocycles. The highest BCUT2D eigenvalue weighted by molar-refractivity contribution is 7.45.